The maximum absolute atomic E-state index is 13.6. The number of nitriles is 1. The molecule has 1 N–H and O–H groups in total. The van der Waals surface area contributed by atoms with E-state index in [0.717, 1.165) is 32.0 Å². The topological polar surface area (TPSA) is 73.2 Å². The van der Waals surface area contributed by atoms with Gasteiger partial charge in [0.05, 0.1) is 0 Å². The lowest BCUT2D eigenvalue weighted by Crippen LogP contribution is -2.39. The van der Waals surface area contributed by atoms with E-state index in [1.807, 2.05) is 0 Å². The van der Waals surface area contributed by atoms with E-state index in [9.17, 15) is 12.8 Å². The van der Waals surface area contributed by atoms with Gasteiger partial charge in [-0.1, -0.05) is 6.07 Å². The number of hydrogen-bond acceptors (Lipinski definition) is 4. The minimum Gasteiger partial charge on any atom is -0.316 e. The molecular weight excluding hydrogens is 293 g/mol. The van der Waals surface area contributed by atoms with E-state index in [1.165, 1.54) is 23.5 Å². The van der Waals surface area contributed by atoms with E-state index in [0.29, 0.717) is 6.54 Å². The molecule has 2 rings (SSSR count). The minimum atomic E-state index is -3.86. The molecule has 0 spiro atoms. The SMILES string of the molecule is CN(CC1CCCNC1)S(=O)(=O)c1cccc(F)c1C#N. The maximum Gasteiger partial charge on any atom is 0.244 e. The molecule has 1 aliphatic heterocycles. The van der Waals surface area contributed by atoms with Gasteiger partial charge >= 0.3 is 0 Å². The molecule has 0 amide bonds. The molecule has 1 aliphatic rings. The van der Waals surface area contributed by atoms with E-state index in [2.05, 4.69) is 5.32 Å². The molecule has 1 unspecified atom stereocenters. The summed E-state index contributed by atoms with van der Waals surface area (Å²) in [7, 11) is -2.39. The van der Waals surface area contributed by atoms with E-state index in [4.69, 9.17) is 5.26 Å². The number of rotatable bonds is 4. The molecule has 7 heteroatoms. The van der Waals surface area contributed by atoms with Crippen LogP contribution in [0, 0.1) is 23.1 Å². The van der Waals surface area contributed by atoms with Crippen LogP contribution in [0.15, 0.2) is 23.1 Å². The molecular formula is C14H18FN3O2S. The largest absolute Gasteiger partial charge is 0.316 e. The van der Waals surface area contributed by atoms with Crippen molar-refractivity contribution in [2.45, 2.75) is 17.7 Å². The summed E-state index contributed by atoms with van der Waals surface area (Å²) >= 11 is 0. The van der Waals surface area contributed by atoms with Crippen molar-refractivity contribution in [3.63, 3.8) is 0 Å². The number of sulfonamides is 1. The highest BCUT2D eigenvalue weighted by atomic mass is 32.2. The first-order valence-corrected chi connectivity index (χ1v) is 8.26. The van der Waals surface area contributed by atoms with E-state index in [1.54, 1.807) is 6.07 Å². The third kappa shape index (κ3) is 3.40. The molecule has 0 saturated carbocycles. The van der Waals surface area contributed by atoms with Crippen LogP contribution in [0.1, 0.15) is 18.4 Å². The average molecular weight is 311 g/mol. The molecule has 1 saturated heterocycles. The van der Waals surface area contributed by atoms with Gasteiger partial charge in [0.1, 0.15) is 22.3 Å². The Hall–Kier alpha value is -1.49. The van der Waals surface area contributed by atoms with E-state index in [-0.39, 0.29) is 10.8 Å². The zero-order chi connectivity index (χ0) is 15.5. The van der Waals surface area contributed by atoms with Crippen LogP contribution in [0.25, 0.3) is 0 Å². The van der Waals surface area contributed by atoms with Crippen LogP contribution in [0.5, 0.6) is 0 Å². The lowest BCUT2D eigenvalue weighted by Gasteiger charge is -2.27. The molecule has 114 valence electrons. The van der Waals surface area contributed by atoms with E-state index >= 15 is 0 Å². The van der Waals surface area contributed by atoms with Crippen LogP contribution in [0.2, 0.25) is 0 Å². The summed E-state index contributed by atoms with van der Waals surface area (Å²) in [4.78, 5) is -0.267. The van der Waals surface area contributed by atoms with Crippen LogP contribution in [-0.2, 0) is 10.0 Å². The van der Waals surface area contributed by atoms with Crippen molar-refractivity contribution in [3.8, 4) is 6.07 Å². The zero-order valence-electron chi connectivity index (χ0n) is 11.8. The van der Waals surface area contributed by atoms with Gasteiger partial charge < -0.3 is 5.32 Å². The number of nitrogens with one attached hydrogen (secondary N) is 1. The van der Waals surface area contributed by atoms with Crippen molar-refractivity contribution in [1.29, 1.82) is 5.26 Å². The Morgan fingerprint density at radius 2 is 2.29 bits per heavy atom. The monoisotopic (exact) mass is 311 g/mol. The van der Waals surface area contributed by atoms with Crippen molar-refractivity contribution >= 4 is 10.0 Å². The second-order valence-corrected chi connectivity index (χ2v) is 7.24. The standard InChI is InChI=1S/C14H18FN3O2S/c1-18(10-11-4-3-7-17-9-11)21(19,20)14-6-2-5-13(15)12(14)8-16/h2,5-6,11,17H,3-4,7,9-10H2,1H3. The Bertz CT molecular complexity index is 649. The second-order valence-electron chi connectivity index (χ2n) is 5.22. The second kappa shape index (κ2) is 6.52. The van der Waals surface area contributed by atoms with Gasteiger partial charge in [-0.2, -0.15) is 5.26 Å². The smallest absolute Gasteiger partial charge is 0.244 e. The Morgan fingerprint density at radius 1 is 1.52 bits per heavy atom. The summed E-state index contributed by atoms with van der Waals surface area (Å²) < 4.78 is 39.8. The van der Waals surface area contributed by atoms with Gasteiger partial charge in [0.2, 0.25) is 10.0 Å². The number of nitrogens with zero attached hydrogens (tertiary/aromatic N) is 2. The predicted octanol–water partition coefficient (Wildman–Crippen LogP) is 1.32. The Labute approximate surface area is 124 Å². The quantitative estimate of drug-likeness (QED) is 0.910. The van der Waals surface area contributed by atoms with Gasteiger partial charge in [0, 0.05) is 13.6 Å². The average Bonchev–Trinajstić information content (AvgIpc) is 2.48. The number of halogens is 1. The first-order chi connectivity index (χ1) is 9.96. The molecule has 5 nitrogen and oxygen atoms in total. The molecule has 1 aromatic rings. The summed E-state index contributed by atoms with van der Waals surface area (Å²) in [6, 6.07) is 5.30. The molecule has 0 bridgehead atoms. The van der Waals surface area contributed by atoms with Gasteiger partial charge in [0.15, 0.2) is 0 Å². The molecule has 0 aliphatic carbocycles. The zero-order valence-corrected chi connectivity index (χ0v) is 12.7. The summed E-state index contributed by atoms with van der Waals surface area (Å²) in [6.45, 7) is 2.08. The number of piperidine rings is 1. The minimum absolute atomic E-state index is 0.234. The van der Waals surface area contributed by atoms with Crippen LogP contribution in [0.3, 0.4) is 0 Å². The Balaban J connectivity index is 2.25. The first-order valence-electron chi connectivity index (χ1n) is 6.82. The summed E-state index contributed by atoms with van der Waals surface area (Å²) in [5.41, 5.74) is -0.425. The highest BCUT2D eigenvalue weighted by molar-refractivity contribution is 7.89. The van der Waals surface area contributed by atoms with Crippen LogP contribution in [0.4, 0.5) is 4.39 Å². The molecule has 1 fully saturated rings. The normalized spacial score (nSPS) is 19.4. The van der Waals surface area contributed by atoms with Crippen molar-refractivity contribution in [2.75, 3.05) is 26.7 Å². The fourth-order valence-corrected chi connectivity index (χ4v) is 3.93. The van der Waals surface area contributed by atoms with Crippen LogP contribution < -0.4 is 5.32 Å². The summed E-state index contributed by atoms with van der Waals surface area (Å²) in [6.07, 6.45) is 1.98. The fraction of sp³-hybridized carbons (Fsp3) is 0.500. The Kier molecular flexibility index (Phi) is 4.93. The van der Waals surface area contributed by atoms with Crippen molar-refractivity contribution in [1.82, 2.24) is 9.62 Å². The number of hydrogen-bond donors (Lipinski definition) is 1. The predicted molar refractivity (Wildman–Crippen MR) is 76.5 cm³/mol. The van der Waals surface area contributed by atoms with Crippen molar-refractivity contribution < 1.29 is 12.8 Å². The molecule has 0 aromatic heterocycles. The Morgan fingerprint density at radius 3 is 2.90 bits per heavy atom. The van der Waals surface area contributed by atoms with Gasteiger partial charge in [-0.25, -0.2) is 17.1 Å². The maximum atomic E-state index is 13.6. The summed E-state index contributed by atoms with van der Waals surface area (Å²) in [5.74, 6) is -0.580. The van der Waals surface area contributed by atoms with Crippen LogP contribution in [-0.4, -0.2) is 39.4 Å². The van der Waals surface area contributed by atoms with Crippen molar-refractivity contribution in [2.24, 2.45) is 5.92 Å². The molecule has 1 atom stereocenters. The molecule has 0 radical (unpaired) electrons. The summed E-state index contributed by atoms with van der Waals surface area (Å²) in [5, 5.41) is 12.2. The van der Waals surface area contributed by atoms with Crippen molar-refractivity contribution in [3.05, 3.63) is 29.6 Å². The highest BCUT2D eigenvalue weighted by Gasteiger charge is 2.28. The van der Waals surface area contributed by atoms with Gasteiger partial charge in [0.25, 0.3) is 0 Å². The fourth-order valence-electron chi connectivity index (χ4n) is 2.54. The van der Waals surface area contributed by atoms with E-state index < -0.39 is 21.4 Å². The van der Waals surface area contributed by atoms with Crippen LogP contribution >= 0.6 is 0 Å². The molecule has 1 aromatic carbocycles. The number of benzene rings is 1. The van der Waals surface area contributed by atoms with Gasteiger partial charge in [-0.15, -0.1) is 0 Å². The third-order valence-corrected chi connectivity index (χ3v) is 5.56. The highest BCUT2D eigenvalue weighted by Crippen LogP contribution is 2.23. The third-order valence-electron chi connectivity index (χ3n) is 3.69. The molecule has 1 heterocycles. The van der Waals surface area contributed by atoms with Gasteiger partial charge in [-0.05, 0) is 44.0 Å². The first kappa shape index (κ1) is 15.9. The lowest BCUT2D eigenvalue weighted by molar-refractivity contribution is 0.314. The van der Waals surface area contributed by atoms with Gasteiger partial charge in [-0.3, -0.25) is 0 Å². The molecule has 21 heavy (non-hydrogen) atoms. The lowest BCUT2D eigenvalue weighted by atomic mass is 10.00.